The summed E-state index contributed by atoms with van der Waals surface area (Å²) in [6, 6.07) is 5.14. The quantitative estimate of drug-likeness (QED) is 0.820. The van der Waals surface area contributed by atoms with E-state index in [9.17, 15) is 9.59 Å². The van der Waals surface area contributed by atoms with Gasteiger partial charge < -0.3 is 15.1 Å². The van der Waals surface area contributed by atoms with E-state index in [1.807, 2.05) is 7.05 Å². The van der Waals surface area contributed by atoms with Crippen LogP contribution in [0.4, 0.5) is 5.69 Å². The van der Waals surface area contributed by atoms with Gasteiger partial charge in [0.1, 0.15) is 0 Å². The third kappa shape index (κ3) is 3.61. The van der Waals surface area contributed by atoms with Crippen LogP contribution in [0.3, 0.4) is 0 Å². The maximum absolute atomic E-state index is 11.7. The minimum atomic E-state index is -0.410. The molecule has 1 aromatic carbocycles. The number of benzene rings is 1. The highest BCUT2D eigenvalue weighted by Gasteiger charge is 2.08. The summed E-state index contributed by atoms with van der Waals surface area (Å²) in [6.07, 6.45) is 1.25. The average Bonchev–Trinajstić information content (AvgIpc) is 2.66. The van der Waals surface area contributed by atoms with E-state index in [0.29, 0.717) is 23.2 Å². The monoisotopic (exact) mass is 299 g/mol. The molecule has 1 aromatic heterocycles. The number of carbonyl (C=O) groups is 1. The van der Waals surface area contributed by atoms with Crippen molar-refractivity contribution in [2.75, 3.05) is 18.9 Å². The van der Waals surface area contributed by atoms with Gasteiger partial charge in [0, 0.05) is 19.2 Å². The number of hydrogen-bond donors (Lipinski definition) is 2. The van der Waals surface area contributed by atoms with Gasteiger partial charge in [0.15, 0.2) is 5.58 Å². The fourth-order valence-electron chi connectivity index (χ4n) is 1.85. The number of amides is 1. The number of aryl methyl sites for hydroxylation is 1. The Balaban J connectivity index is 0.00000200. The lowest BCUT2D eigenvalue weighted by molar-refractivity contribution is -0.116. The van der Waals surface area contributed by atoms with Crippen molar-refractivity contribution in [2.24, 2.45) is 7.05 Å². The SMILES string of the molecule is CNCCCC(=O)Nc1ccc2oc(=O)n(C)c2c1.Cl. The van der Waals surface area contributed by atoms with Crippen LogP contribution in [0.25, 0.3) is 11.1 Å². The van der Waals surface area contributed by atoms with Crippen LogP contribution in [0.2, 0.25) is 0 Å². The van der Waals surface area contributed by atoms with Crippen LogP contribution in [0, 0.1) is 0 Å². The second kappa shape index (κ2) is 7.12. The van der Waals surface area contributed by atoms with E-state index in [1.165, 1.54) is 4.57 Å². The van der Waals surface area contributed by atoms with Gasteiger partial charge in [-0.1, -0.05) is 0 Å². The summed E-state index contributed by atoms with van der Waals surface area (Å²) in [5, 5.41) is 5.80. The highest BCUT2D eigenvalue weighted by atomic mass is 35.5. The Labute approximate surface area is 122 Å². The molecular formula is C13H18ClN3O3. The summed E-state index contributed by atoms with van der Waals surface area (Å²) in [7, 11) is 3.48. The van der Waals surface area contributed by atoms with Crippen LogP contribution in [0.15, 0.2) is 27.4 Å². The molecule has 0 aliphatic carbocycles. The molecule has 0 saturated carbocycles. The molecule has 2 aromatic rings. The molecule has 0 fully saturated rings. The zero-order valence-corrected chi connectivity index (χ0v) is 12.3. The molecule has 20 heavy (non-hydrogen) atoms. The average molecular weight is 300 g/mol. The zero-order chi connectivity index (χ0) is 13.8. The Morgan fingerprint density at radius 2 is 2.15 bits per heavy atom. The lowest BCUT2D eigenvalue weighted by atomic mass is 10.2. The van der Waals surface area contributed by atoms with Crippen molar-refractivity contribution in [1.82, 2.24) is 9.88 Å². The van der Waals surface area contributed by atoms with E-state index >= 15 is 0 Å². The van der Waals surface area contributed by atoms with Crippen LogP contribution in [0.5, 0.6) is 0 Å². The Kier molecular flexibility index (Phi) is 5.79. The molecule has 1 amide bonds. The molecule has 0 aliphatic heterocycles. The van der Waals surface area contributed by atoms with Crippen LogP contribution < -0.4 is 16.4 Å². The molecule has 0 saturated heterocycles. The number of halogens is 1. The van der Waals surface area contributed by atoms with Gasteiger partial charge in [-0.05, 0) is 38.2 Å². The van der Waals surface area contributed by atoms with Gasteiger partial charge in [0.05, 0.1) is 5.52 Å². The third-order valence-corrected chi connectivity index (χ3v) is 2.91. The first-order chi connectivity index (χ1) is 9.11. The van der Waals surface area contributed by atoms with Crippen molar-refractivity contribution in [3.8, 4) is 0 Å². The van der Waals surface area contributed by atoms with E-state index in [1.54, 1.807) is 25.2 Å². The second-order valence-corrected chi connectivity index (χ2v) is 4.36. The minimum absolute atomic E-state index is 0. The summed E-state index contributed by atoms with van der Waals surface area (Å²) in [6.45, 7) is 0.808. The molecule has 110 valence electrons. The largest absolute Gasteiger partial charge is 0.419 e. The number of nitrogens with zero attached hydrogens (tertiary/aromatic N) is 1. The van der Waals surface area contributed by atoms with E-state index in [-0.39, 0.29) is 18.3 Å². The molecule has 0 radical (unpaired) electrons. The van der Waals surface area contributed by atoms with Gasteiger partial charge in [-0.25, -0.2) is 4.79 Å². The first-order valence-corrected chi connectivity index (χ1v) is 6.16. The Bertz CT molecular complexity index is 648. The molecule has 7 heteroatoms. The normalized spacial score (nSPS) is 10.3. The van der Waals surface area contributed by atoms with Gasteiger partial charge >= 0.3 is 5.76 Å². The summed E-state index contributed by atoms with van der Waals surface area (Å²) in [4.78, 5) is 23.0. The van der Waals surface area contributed by atoms with Gasteiger partial charge in [0.25, 0.3) is 0 Å². The summed E-state index contributed by atoms with van der Waals surface area (Å²) in [5.41, 5.74) is 1.84. The van der Waals surface area contributed by atoms with Crippen LogP contribution in [-0.2, 0) is 11.8 Å². The van der Waals surface area contributed by atoms with Crippen molar-refractivity contribution < 1.29 is 9.21 Å². The molecule has 0 bridgehead atoms. The molecule has 0 unspecified atom stereocenters. The molecule has 2 rings (SSSR count). The van der Waals surface area contributed by atoms with Crippen molar-refractivity contribution in [3.05, 3.63) is 28.7 Å². The predicted molar refractivity (Wildman–Crippen MR) is 80.5 cm³/mol. The van der Waals surface area contributed by atoms with E-state index in [0.717, 1.165) is 13.0 Å². The number of rotatable bonds is 5. The summed E-state index contributed by atoms with van der Waals surface area (Å²) >= 11 is 0. The van der Waals surface area contributed by atoms with Crippen LogP contribution >= 0.6 is 12.4 Å². The predicted octanol–water partition coefficient (Wildman–Crippen LogP) is 1.49. The summed E-state index contributed by atoms with van der Waals surface area (Å²) in [5.74, 6) is -0.449. The maximum atomic E-state index is 11.7. The van der Waals surface area contributed by atoms with E-state index in [4.69, 9.17) is 4.42 Å². The molecular weight excluding hydrogens is 282 g/mol. The van der Waals surface area contributed by atoms with Gasteiger partial charge in [-0.3, -0.25) is 9.36 Å². The first kappa shape index (κ1) is 16.3. The number of oxazole rings is 1. The fraction of sp³-hybridized carbons (Fsp3) is 0.385. The van der Waals surface area contributed by atoms with Crippen molar-refractivity contribution >= 4 is 35.1 Å². The fourth-order valence-corrected chi connectivity index (χ4v) is 1.85. The smallest absolute Gasteiger partial charge is 0.408 e. The maximum Gasteiger partial charge on any atom is 0.419 e. The van der Waals surface area contributed by atoms with Gasteiger partial charge in [0.2, 0.25) is 5.91 Å². The Morgan fingerprint density at radius 1 is 1.40 bits per heavy atom. The topological polar surface area (TPSA) is 76.3 Å². The van der Waals surface area contributed by atoms with Crippen molar-refractivity contribution in [1.29, 1.82) is 0 Å². The number of fused-ring (bicyclic) bond motifs is 1. The summed E-state index contributed by atoms with van der Waals surface area (Å²) < 4.78 is 6.43. The lowest BCUT2D eigenvalue weighted by Crippen LogP contribution is -2.15. The number of aromatic nitrogens is 1. The highest BCUT2D eigenvalue weighted by Crippen LogP contribution is 2.17. The standard InChI is InChI=1S/C13H17N3O3.ClH/c1-14-7-3-4-12(17)15-9-5-6-11-10(8-9)16(2)13(18)19-11;/h5-6,8,14H,3-4,7H2,1-2H3,(H,15,17);1H. The number of nitrogens with one attached hydrogen (secondary N) is 2. The minimum Gasteiger partial charge on any atom is -0.408 e. The molecule has 0 atom stereocenters. The van der Waals surface area contributed by atoms with Gasteiger partial charge in [-0.2, -0.15) is 0 Å². The Morgan fingerprint density at radius 3 is 2.85 bits per heavy atom. The molecule has 0 aliphatic rings. The van der Waals surface area contributed by atoms with Crippen molar-refractivity contribution in [3.63, 3.8) is 0 Å². The highest BCUT2D eigenvalue weighted by molar-refractivity contribution is 5.92. The Hall–Kier alpha value is -1.79. The first-order valence-electron chi connectivity index (χ1n) is 6.16. The number of carbonyl (C=O) groups excluding carboxylic acids is 1. The van der Waals surface area contributed by atoms with Crippen LogP contribution in [-0.4, -0.2) is 24.1 Å². The van der Waals surface area contributed by atoms with Crippen LogP contribution in [0.1, 0.15) is 12.8 Å². The molecule has 0 spiro atoms. The third-order valence-electron chi connectivity index (χ3n) is 2.91. The van der Waals surface area contributed by atoms with Crippen molar-refractivity contribution in [2.45, 2.75) is 12.8 Å². The lowest BCUT2D eigenvalue weighted by Gasteiger charge is -2.05. The number of anilines is 1. The second-order valence-electron chi connectivity index (χ2n) is 4.36. The van der Waals surface area contributed by atoms with E-state index in [2.05, 4.69) is 10.6 Å². The molecule has 6 nitrogen and oxygen atoms in total. The molecule has 2 N–H and O–H groups in total. The van der Waals surface area contributed by atoms with Gasteiger partial charge in [-0.15, -0.1) is 12.4 Å². The number of hydrogen-bond acceptors (Lipinski definition) is 4. The molecule has 1 heterocycles. The van der Waals surface area contributed by atoms with E-state index < -0.39 is 5.76 Å². The zero-order valence-electron chi connectivity index (χ0n) is 11.4.